The number of rotatable bonds is 6. The number of anilines is 1. The lowest BCUT2D eigenvalue weighted by atomic mass is 10.1. The smallest absolute Gasteiger partial charge is 0.161 e. The quantitative estimate of drug-likeness (QED) is 0.846. The van der Waals surface area contributed by atoms with Gasteiger partial charge in [-0.1, -0.05) is 18.2 Å². The highest BCUT2D eigenvalue weighted by Gasteiger charge is 2.21. The van der Waals surface area contributed by atoms with Crippen molar-refractivity contribution in [1.29, 1.82) is 0 Å². The Hall–Kier alpha value is -2.24. The zero-order chi connectivity index (χ0) is 19.4. The van der Waals surface area contributed by atoms with Crippen LogP contribution in [0, 0.1) is 13.8 Å². The minimum atomic E-state index is -0.544. The molecule has 0 saturated carbocycles. The van der Waals surface area contributed by atoms with E-state index in [9.17, 15) is 5.11 Å². The second-order valence-electron chi connectivity index (χ2n) is 7.21. The molecule has 5 heteroatoms. The number of β-amino-alcohol motifs (C(OH)–C–C–N with tert-alkyl or cyclic N) is 1. The summed E-state index contributed by atoms with van der Waals surface area (Å²) in [6.45, 7) is 8.76. The summed E-state index contributed by atoms with van der Waals surface area (Å²) in [6, 6.07) is 12.2. The third-order valence-corrected chi connectivity index (χ3v) is 5.30. The fourth-order valence-corrected chi connectivity index (χ4v) is 3.64. The number of benzene rings is 2. The first-order chi connectivity index (χ1) is 13.0. The fourth-order valence-electron chi connectivity index (χ4n) is 3.64. The molecule has 27 heavy (non-hydrogen) atoms. The average Bonchev–Trinajstić information content (AvgIpc) is 2.69. The van der Waals surface area contributed by atoms with Crippen LogP contribution in [0.1, 0.15) is 22.8 Å². The molecule has 1 N–H and O–H groups in total. The third kappa shape index (κ3) is 4.54. The molecule has 0 aliphatic carbocycles. The number of nitrogens with zero attached hydrogens (tertiary/aromatic N) is 2. The van der Waals surface area contributed by atoms with Gasteiger partial charge < -0.3 is 19.5 Å². The summed E-state index contributed by atoms with van der Waals surface area (Å²) in [5, 5.41) is 10.7. The Morgan fingerprint density at radius 1 is 0.926 bits per heavy atom. The van der Waals surface area contributed by atoms with Crippen molar-refractivity contribution in [2.75, 3.05) is 51.8 Å². The van der Waals surface area contributed by atoms with Crippen LogP contribution in [0.15, 0.2) is 36.4 Å². The van der Waals surface area contributed by atoms with Gasteiger partial charge in [0.05, 0.1) is 20.3 Å². The van der Waals surface area contributed by atoms with Gasteiger partial charge in [-0.15, -0.1) is 0 Å². The van der Waals surface area contributed by atoms with Gasteiger partial charge in [-0.3, -0.25) is 4.90 Å². The van der Waals surface area contributed by atoms with Crippen LogP contribution in [0.25, 0.3) is 0 Å². The minimum Gasteiger partial charge on any atom is -0.493 e. The summed E-state index contributed by atoms with van der Waals surface area (Å²) in [5.74, 6) is 1.32. The first kappa shape index (κ1) is 19.5. The maximum Gasteiger partial charge on any atom is 0.161 e. The molecule has 0 radical (unpaired) electrons. The molecule has 5 nitrogen and oxygen atoms in total. The monoisotopic (exact) mass is 370 g/mol. The summed E-state index contributed by atoms with van der Waals surface area (Å²) in [4.78, 5) is 4.77. The van der Waals surface area contributed by atoms with E-state index in [-0.39, 0.29) is 0 Å². The summed E-state index contributed by atoms with van der Waals surface area (Å²) < 4.78 is 10.6. The van der Waals surface area contributed by atoms with Gasteiger partial charge >= 0.3 is 0 Å². The zero-order valence-electron chi connectivity index (χ0n) is 16.7. The van der Waals surface area contributed by atoms with Crippen LogP contribution in [-0.2, 0) is 0 Å². The molecule has 1 saturated heterocycles. The second-order valence-corrected chi connectivity index (χ2v) is 7.21. The Balaban J connectivity index is 1.59. The van der Waals surface area contributed by atoms with E-state index in [1.165, 1.54) is 16.8 Å². The van der Waals surface area contributed by atoms with E-state index in [4.69, 9.17) is 9.47 Å². The average molecular weight is 370 g/mol. The van der Waals surface area contributed by atoms with E-state index in [0.717, 1.165) is 31.7 Å². The standard InChI is InChI=1S/C22H30N2O3/c1-16-5-6-17(2)19(13-16)24-11-9-23(10-12-24)15-20(25)18-7-8-21(26-3)22(14-18)27-4/h5-8,13-14,20,25H,9-12,15H2,1-4H3. The number of aliphatic hydroxyl groups excluding tert-OH is 1. The van der Waals surface area contributed by atoms with Gasteiger partial charge in [-0.2, -0.15) is 0 Å². The molecule has 1 heterocycles. The van der Waals surface area contributed by atoms with Crippen molar-refractivity contribution in [2.45, 2.75) is 20.0 Å². The molecule has 2 aromatic rings. The molecule has 1 atom stereocenters. The number of aryl methyl sites for hydroxylation is 2. The van der Waals surface area contributed by atoms with Crippen LogP contribution in [-0.4, -0.2) is 56.9 Å². The van der Waals surface area contributed by atoms with Crippen molar-refractivity contribution in [2.24, 2.45) is 0 Å². The number of hydrogen-bond acceptors (Lipinski definition) is 5. The minimum absolute atomic E-state index is 0.544. The van der Waals surface area contributed by atoms with E-state index in [1.54, 1.807) is 14.2 Å². The molecular formula is C22H30N2O3. The van der Waals surface area contributed by atoms with Gasteiger partial charge in [-0.05, 0) is 48.7 Å². The third-order valence-electron chi connectivity index (χ3n) is 5.30. The van der Waals surface area contributed by atoms with Crippen molar-refractivity contribution in [3.05, 3.63) is 53.1 Å². The molecule has 146 valence electrons. The molecular weight excluding hydrogens is 340 g/mol. The highest BCUT2D eigenvalue weighted by atomic mass is 16.5. The predicted molar refractivity (Wildman–Crippen MR) is 109 cm³/mol. The van der Waals surface area contributed by atoms with Crippen LogP contribution in [0.2, 0.25) is 0 Å². The van der Waals surface area contributed by atoms with E-state index in [1.807, 2.05) is 18.2 Å². The van der Waals surface area contributed by atoms with Crippen LogP contribution in [0.3, 0.4) is 0 Å². The van der Waals surface area contributed by atoms with Crippen molar-refractivity contribution in [3.8, 4) is 11.5 Å². The van der Waals surface area contributed by atoms with Gasteiger partial charge in [-0.25, -0.2) is 0 Å². The number of hydrogen-bond donors (Lipinski definition) is 1. The number of aliphatic hydroxyl groups is 1. The molecule has 1 aliphatic heterocycles. The Labute approximate surface area is 162 Å². The Morgan fingerprint density at radius 3 is 2.30 bits per heavy atom. The van der Waals surface area contributed by atoms with Crippen molar-refractivity contribution >= 4 is 5.69 Å². The maximum absolute atomic E-state index is 10.7. The molecule has 3 rings (SSSR count). The topological polar surface area (TPSA) is 45.2 Å². The summed E-state index contributed by atoms with van der Waals surface area (Å²) >= 11 is 0. The van der Waals surface area contributed by atoms with Gasteiger partial charge in [0.1, 0.15) is 0 Å². The van der Waals surface area contributed by atoms with Crippen LogP contribution >= 0.6 is 0 Å². The Morgan fingerprint density at radius 2 is 1.63 bits per heavy atom. The number of ether oxygens (including phenoxy) is 2. The summed E-state index contributed by atoms with van der Waals surface area (Å²) in [7, 11) is 3.23. The van der Waals surface area contributed by atoms with Gasteiger partial charge in [0, 0.05) is 38.4 Å². The van der Waals surface area contributed by atoms with Gasteiger partial charge in [0.15, 0.2) is 11.5 Å². The van der Waals surface area contributed by atoms with E-state index in [2.05, 4.69) is 41.8 Å². The fraction of sp³-hybridized carbons (Fsp3) is 0.455. The molecule has 0 bridgehead atoms. The number of piperazine rings is 1. The maximum atomic E-state index is 10.7. The molecule has 0 aromatic heterocycles. The molecule has 0 amide bonds. The summed E-state index contributed by atoms with van der Waals surface area (Å²) in [5.41, 5.74) is 4.79. The summed E-state index contributed by atoms with van der Waals surface area (Å²) in [6.07, 6.45) is -0.544. The highest BCUT2D eigenvalue weighted by Crippen LogP contribution is 2.30. The number of methoxy groups -OCH3 is 2. The van der Waals surface area contributed by atoms with Crippen molar-refractivity contribution < 1.29 is 14.6 Å². The molecule has 2 aromatic carbocycles. The molecule has 0 spiro atoms. The first-order valence-corrected chi connectivity index (χ1v) is 9.46. The lowest BCUT2D eigenvalue weighted by Gasteiger charge is -2.37. The Bertz CT molecular complexity index is 770. The van der Waals surface area contributed by atoms with E-state index >= 15 is 0 Å². The van der Waals surface area contributed by atoms with Crippen LogP contribution in [0.4, 0.5) is 5.69 Å². The van der Waals surface area contributed by atoms with Gasteiger partial charge in [0.25, 0.3) is 0 Å². The van der Waals surface area contributed by atoms with Crippen molar-refractivity contribution in [1.82, 2.24) is 4.90 Å². The largest absolute Gasteiger partial charge is 0.493 e. The SMILES string of the molecule is COc1ccc(C(O)CN2CCN(c3cc(C)ccc3C)CC2)cc1OC. The lowest BCUT2D eigenvalue weighted by molar-refractivity contribution is 0.109. The highest BCUT2D eigenvalue weighted by molar-refractivity contribution is 5.55. The molecule has 1 fully saturated rings. The zero-order valence-corrected chi connectivity index (χ0v) is 16.7. The van der Waals surface area contributed by atoms with Crippen molar-refractivity contribution in [3.63, 3.8) is 0 Å². The van der Waals surface area contributed by atoms with Gasteiger partial charge in [0.2, 0.25) is 0 Å². The molecule has 1 aliphatic rings. The van der Waals surface area contributed by atoms with E-state index < -0.39 is 6.10 Å². The second kappa shape index (κ2) is 8.63. The van der Waals surface area contributed by atoms with E-state index in [0.29, 0.717) is 18.0 Å². The Kier molecular flexibility index (Phi) is 6.24. The van der Waals surface area contributed by atoms with Crippen LogP contribution in [0.5, 0.6) is 11.5 Å². The molecule has 1 unspecified atom stereocenters. The first-order valence-electron chi connectivity index (χ1n) is 9.46. The lowest BCUT2D eigenvalue weighted by Crippen LogP contribution is -2.47. The normalized spacial score (nSPS) is 16.3. The van der Waals surface area contributed by atoms with Crippen LogP contribution < -0.4 is 14.4 Å². The predicted octanol–water partition coefficient (Wildman–Crippen LogP) is 3.18.